The molecule has 1 aliphatic rings. The van der Waals surface area contributed by atoms with Gasteiger partial charge in [0.05, 0.1) is 11.1 Å². The number of aryl methyl sites for hydroxylation is 2. The zero-order valence-corrected chi connectivity index (χ0v) is 24.5. The van der Waals surface area contributed by atoms with Crippen LogP contribution in [0.3, 0.4) is 0 Å². The highest BCUT2D eigenvalue weighted by atomic mass is 15.1. The molecule has 4 aromatic rings. The summed E-state index contributed by atoms with van der Waals surface area (Å²) in [4.78, 5) is 2.32. The van der Waals surface area contributed by atoms with E-state index in [0.29, 0.717) is 17.5 Å². The maximum absolute atomic E-state index is 9.94. The van der Waals surface area contributed by atoms with Crippen LogP contribution in [0.5, 0.6) is 0 Å². The highest BCUT2D eigenvalue weighted by Gasteiger charge is 2.22. The number of fused-ring (bicyclic) bond motifs is 2. The summed E-state index contributed by atoms with van der Waals surface area (Å²) in [6, 6.07) is 32.9. The van der Waals surface area contributed by atoms with E-state index in [9.17, 15) is 10.5 Å². The van der Waals surface area contributed by atoms with E-state index in [1.165, 1.54) is 27.8 Å². The molecular weight excluding hydrogens is 486 g/mol. The van der Waals surface area contributed by atoms with Crippen LogP contribution in [0.1, 0.15) is 86.1 Å². The molecule has 0 aromatic heterocycles. The van der Waals surface area contributed by atoms with Gasteiger partial charge >= 0.3 is 0 Å². The minimum Gasteiger partial charge on any atom is -0.310 e. The Bertz CT molecular complexity index is 1570. The van der Waals surface area contributed by atoms with E-state index >= 15 is 0 Å². The molecule has 0 bridgehead atoms. The molecule has 0 atom stereocenters. The first kappa shape index (κ1) is 27.2. The minimum atomic E-state index is 0.0793. The molecule has 0 spiro atoms. The van der Waals surface area contributed by atoms with Gasteiger partial charge in [0.2, 0.25) is 0 Å². The number of benzene rings is 4. The molecule has 0 radical (unpaired) electrons. The van der Waals surface area contributed by atoms with E-state index in [2.05, 4.69) is 125 Å². The van der Waals surface area contributed by atoms with Crippen molar-refractivity contribution in [2.45, 2.75) is 71.6 Å². The number of hydrogen-bond donors (Lipinski definition) is 0. The number of nitriles is 2. The maximum atomic E-state index is 9.94. The highest BCUT2D eigenvalue weighted by molar-refractivity contribution is 5.77. The van der Waals surface area contributed by atoms with Gasteiger partial charge in [-0.1, -0.05) is 77.9 Å². The van der Waals surface area contributed by atoms with Crippen LogP contribution in [-0.4, -0.2) is 0 Å². The first-order valence-electron chi connectivity index (χ1n) is 14.1. The third kappa shape index (κ3) is 5.25. The molecule has 0 N–H and O–H groups in total. The Morgan fingerprint density at radius 2 is 1.07 bits per heavy atom. The summed E-state index contributed by atoms with van der Waals surface area (Å²) in [5.74, 6) is 0. The number of anilines is 3. The normalized spacial score (nSPS) is 12.9. The number of hydrogen-bond acceptors (Lipinski definition) is 3. The first-order valence-corrected chi connectivity index (χ1v) is 14.1. The summed E-state index contributed by atoms with van der Waals surface area (Å²) in [6.45, 7) is 13.4. The molecule has 1 aliphatic carbocycles. The molecule has 0 heterocycles. The van der Waals surface area contributed by atoms with Crippen molar-refractivity contribution in [3.05, 3.63) is 123 Å². The summed E-state index contributed by atoms with van der Waals surface area (Å²) >= 11 is 0. The van der Waals surface area contributed by atoms with Crippen LogP contribution in [0.4, 0.5) is 17.1 Å². The fourth-order valence-corrected chi connectivity index (χ4v) is 5.64. The summed E-state index contributed by atoms with van der Waals surface area (Å²) < 4.78 is 0. The second-order valence-corrected chi connectivity index (χ2v) is 12.9. The molecule has 4 aromatic carbocycles. The van der Waals surface area contributed by atoms with Crippen molar-refractivity contribution in [1.29, 1.82) is 10.5 Å². The van der Waals surface area contributed by atoms with Crippen molar-refractivity contribution < 1.29 is 0 Å². The fourth-order valence-electron chi connectivity index (χ4n) is 5.64. The van der Waals surface area contributed by atoms with Crippen molar-refractivity contribution >= 4 is 17.1 Å². The monoisotopic (exact) mass is 523 g/mol. The molecule has 0 unspecified atom stereocenters. The summed E-state index contributed by atoms with van der Waals surface area (Å²) in [5.41, 5.74) is 11.7. The average molecular weight is 524 g/mol. The smallest absolute Gasteiger partial charge is 0.101 e. The van der Waals surface area contributed by atoms with Gasteiger partial charge in [0.15, 0.2) is 0 Å². The van der Waals surface area contributed by atoms with E-state index < -0.39 is 0 Å². The van der Waals surface area contributed by atoms with Crippen LogP contribution in [0, 0.1) is 22.7 Å². The van der Waals surface area contributed by atoms with Crippen LogP contribution in [0.2, 0.25) is 0 Å². The van der Waals surface area contributed by atoms with Gasteiger partial charge in [-0.15, -0.1) is 0 Å². The Morgan fingerprint density at radius 1 is 0.575 bits per heavy atom. The number of nitrogens with zero attached hydrogens (tertiary/aromatic N) is 3. The third-order valence-electron chi connectivity index (χ3n) is 8.10. The van der Waals surface area contributed by atoms with Crippen LogP contribution in [0.15, 0.2) is 78.9 Å². The summed E-state index contributed by atoms with van der Waals surface area (Å²) in [7, 11) is 0. The lowest BCUT2D eigenvalue weighted by molar-refractivity contribution is 0.590. The summed E-state index contributed by atoms with van der Waals surface area (Å²) in [6.07, 6.45) is 2.44. The Kier molecular flexibility index (Phi) is 7.03. The number of rotatable bonds is 3. The molecule has 0 fully saturated rings. The van der Waals surface area contributed by atoms with E-state index in [-0.39, 0.29) is 10.8 Å². The lowest BCUT2D eigenvalue weighted by atomic mass is 9.86. The largest absolute Gasteiger partial charge is 0.310 e. The van der Waals surface area contributed by atoms with Crippen LogP contribution in [-0.2, 0) is 30.1 Å². The fraction of sp³-hybridized carbons (Fsp3) is 0.297. The van der Waals surface area contributed by atoms with Crippen molar-refractivity contribution in [3.8, 4) is 12.1 Å². The molecule has 0 saturated carbocycles. The highest BCUT2D eigenvalue weighted by Crippen LogP contribution is 2.39. The third-order valence-corrected chi connectivity index (χ3v) is 8.10. The Balaban J connectivity index is 1.63. The lowest BCUT2D eigenvalue weighted by Gasteiger charge is -2.28. The average Bonchev–Trinajstić information content (AvgIpc) is 3.11. The molecular formula is C37H37N3. The van der Waals surface area contributed by atoms with E-state index in [4.69, 9.17) is 0 Å². The van der Waals surface area contributed by atoms with E-state index in [1.807, 2.05) is 6.07 Å². The molecule has 3 heteroatoms. The van der Waals surface area contributed by atoms with Gasteiger partial charge in [0.1, 0.15) is 12.1 Å². The maximum Gasteiger partial charge on any atom is 0.101 e. The van der Waals surface area contributed by atoms with Gasteiger partial charge in [0, 0.05) is 17.1 Å². The Morgan fingerprint density at radius 3 is 1.57 bits per heavy atom. The van der Waals surface area contributed by atoms with Gasteiger partial charge in [-0.05, 0) is 106 Å². The van der Waals surface area contributed by atoms with Gasteiger partial charge in [-0.2, -0.15) is 10.5 Å². The van der Waals surface area contributed by atoms with Crippen LogP contribution in [0.25, 0.3) is 0 Å². The van der Waals surface area contributed by atoms with Crippen molar-refractivity contribution in [1.82, 2.24) is 0 Å². The van der Waals surface area contributed by atoms with Gasteiger partial charge < -0.3 is 4.90 Å². The van der Waals surface area contributed by atoms with Crippen molar-refractivity contribution in [2.24, 2.45) is 0 Å². The van der Waals surface area contributed by atoms with Gasteiger partial charge in [-0.3, -0.25) is 0 Å². The molecule has 200 valence electrons. The molecule has 3 nitrogen and oxygen atoms in total. The lowest BCUT2D eigenvalue weighted by Crippen LogP contribution is -2.14. The second-order valence-electron chi connectivity index (χ2n) is 12.9. The second kappa shape index (κ2) is 10.3. The molecule has 5 rings (SSSR count). The molecule has 0 aliphatic heterocycles. The molecule has 40 heavy (non-hydrogen) atoms. The van der Waals surface area contributed by atoms with Crippen LogP contribution < -0.4 is 4.90 Å². The SMILES string of the molecule is CC(C)(C)c1ccc(N(c2ccc(C(C)(C)C)cc2)c2ccc3c(c2)Cc2c(ccc(C#N)c2C#N)CC3)cc1. The van der Waals surface area contributed by atoms with E-state index in [0.717, 1.165) is 35.5 Å². The van der Waals surface area contributed by atoms with E-state index in [1.54, 1.807) is 6.07 Å². The Hall–Kier alpha value is -4.34. The molecule has 0 amide bonds. The predicted molar refractivity (Wildman–Crippen MR) is 165 cm³/mol. The Labute approximate surface area is 239 Å². The zero-order chi connectivity index (χ0) is 28.7. The van der Waals surface area contributed by atoms with Crippen molar-refractivity contribution in [3.63, 3.8) is 0 Å². The van der Waals surface area contributed by atoms with Crippen LogP contribution >= 0.6 is 0 Å². The quantitative estimate of drug-likeness (QED) is 0.269. The summed E-state index contributed by atoms with van der Waals surface area (Å²) in [5, 5.41) is 19.6. The van der Waals surface area contributed by atoms with Gasteiger partial charge in [0.25, 0.3) is 0 Å². The molecule has 0 saturated heterocycles. The van der Waals surface area contributed by atoms with Crippen molar-refractivity contribution in [2.75, 3.05) is 4.90 Å². The standard InChI is InChI=1S/C37H37N3/c1-36(2,3)29-12-17-31(18-13-29)40(32-19-14-30(15-20-32)37(4,5)6)33-16-11-25-7-8-26-9-10-27(23-38)35(24-39)34(26)22-28(25)21-33/h9-21H,7-8,22H2,1-6H3. The zero-order valence-electron chi connectivity index (χ0n) is 24.5. The minimum absolute atomic E-state index is 0.0793. The van der Waals surface area contributed by atoms with Gasteiger partial charge in [-0.25, -0.2) is 0 Å². The predicted octanol–water partition coefficient (Wildman–Crippen LogP) is 9.18. The first-order chi connectivity index (χ1) is 19.0. The topological polar surface area (TPSA) is 50.8 Å².